The highest BCUT2D eigenvalue weighted by molar-refractivity contribution is 7.09. The predicted molar refractivity (Wildman–Crippen MR) is 91.1 cm³/mol. The fourth-order valence-corrected chi connectivity index (χ4v) is 2.99. The number of aromatic nitrogens is 1. The van der Waals surface area contributed by atoms with E-state index in [9.17, 15) is 0 Å². The van der Waals surface area contributed by atoms with E-state index in [4.69, 9.17) is 4.74 Å². The number of methoxy groups -OCH3 is 1. The average Bonchev–Trinajstić information content (AvgIpc) is 3.16. The van der Waals surface area contributed by atoms with Crippen LogP contribution < -0.4 is 10.2 Å². The molecule has 1 aromatic heterocycles. The van der Waals surface area contributed by atoms with Crippen LogP contribution in [0.1, 0.15) is 28.0 Å². The van der Waals surface area contributed by atoms with Crippen molar-refractivity contribution in [3.8, 4) is 5.75 Å². The molecule has 3 rings (SSSR count). The van der Waals surface area contributed by atoms with Gasteiger partial charge in [-0.25, -0.2) is 10.1 Å². The zero-order valence-corrected chi connectivity index (χ0v) is 14.2. The summed E-state index contributed by atoms with van der Waals surface area (Å²) in [5.74, 6) is 0.836. The van der Waals surface area contributed by atoms with E-state index in [-0.39, 0.29) is 6.17 Å². The third-order valence-electron chi connectivity index (χ3n) is 3.47. The molecule has 0 aliphatic carbocycles. The quantitative estimate of drug-likeness (QED) is 0.911. The Morgan fingerprint density at radius 2 is 2.30 bits per heavy atom. The Hall–Kier alpha value is -2.25. The first kappa shape index (κ1) is 15.6. The number of nitrogens with one attached hydrogen (secondary N) is 1. The molecule has 1 unspecified atom stereocenters. The lowest BCUT2D eigenvalue weighted by Gasteiger charge is -2.12. The van der Waals surface area contributed by atoms with Crippen LogP contribution in [0.4, 0.5) is 0 Å². The Bertz CT molecular complexity index is 740. The second kappa shape index (κ2) is 6.89. The molecule has 6 nitrogen and oxygen atoms in total. The molecule has 1 aliphatic rings. The van der Waals surface area contributed by atoms with Crippen LogP contribution in [0.25, 0.3) is 6.08 Å². The van der Waals surface area contributed by atoms with E-state index >= 15 is 0 Å². The van der Waals surface area contributed by atoms with Crippen LogP contribution in [-0.2, 0) is 6.42 Å². The molecule has 120 valence electrons. The summed E-state index contributed by atoms with van der Waals surface area (Å²) >= 11 is 1.67. The minimum absolute atomic E-state index is 0.153. The molecular weight excluding hydrogens is 310 g/mol. The molecular formula is C16H19N5OS. The number of hydrogen-bond donors (Lipinski definition) is 1. The van der Waals surface area contributed by atoms with Crippen LogP contribution >= 0.6 is 11.3 Å². The zero-order valence-electron chi connectivity index (χ0n) is 13.4. The minimum Gasteiger partial charge on any atom is -0.496 e. The molecule has 0 amide bonds. The first-order valence-electron chi connectivity index (χ1n) is 7.32. The van der Waals surface area contributed by atoms with Crippen LogP contribution in [0.5, 0.6) is 5.75 Å². The van der Waals surface area contributed by atoms with Crippen LogP contribution in [0.15, 0.2) is 40.0 Å². The Labute approximate surface area is 139 Å². The number of hydrogen-bond acceptors (Lipinski definition) is 7. The number of benzene rings is 1. The molecule has 7 heteroatoms. The zero-order chi connectivity index (χ0) is 16.2. The summed E-state index contributed by atoms with van der Waals surface area (Å²) in [4.78, 5) is 4.47. The van der Waals surface area contributed by atoms with E-state index in [1.807, 2.05) is 26.1 Å². The lowest BCUT2D eigenvalue weighted by atomic mass is 10.1. The van der Waals surface area contributed by atoms with Gasteiger partial charge in [-0.1, -0.05) is 23.4 Å². The van der Waals surface area contributed by atoms with Crippen molar-refractivity contribution in [2.45, 2.75) is 19.5 Å². The maximum Gasteiger partial charge on any atom is 0.166 e. The molecule has 1 aromatic carbocycles. The van der Waals surface area contributed by atoms with Gasteiger partial charge in [0.2, 0.25) is 0 Å². The van der Waals surface area contributed by atoms with Gasteiger partial charge in [0.1, 0.15) is 5.75 Å². The second-order valence-corrected chi connectivity index (χ2v) is 6.29. The number of nitrogens with zero attached hydrogens (tertiary/aromatic N) is 4. The number of rotatable bonds is 5. The summed E-state index contributed by atoms with van der Waals surface area (Å²) < 4.78 is 5.44. The van der Waals surface area contributed by atoms with Gasteiger partial charge in [-0.15, -0.1) is 16.5 Å². The van der Waals surface area contributed by atoms with Crippen molar-refractivity contribution in [3.63, 3.8) is 0 Å². The molecule has 0 saturated heterocycles. The average molecular weight is 329 g/mol. The van der Waals surface area contributed by atoms with Crippen molar-refractivity contribution < 1.29 is 4.74 Å². The molecule has 0 spiro atoms. The van der Waals surface area contributed by atoms with Crippen molar-refractivity contribution in [3.05, 3.63) is 51.5 Å². The SMILES string of the molecule is COc1ccc(C2N=NN(C)N2)cc1/C=C/Cc1csc(C)n1. The predicted octanol–water partition coefficient (Wildman–Crippen LogP) is 3.53. The highest BCUT2D eigenvalue weighted by atomic mass is 32.1. The van der Waals surface area contributed by atoms with E-state index in [1.165, 1.54) is 0 Å². The monoisotopic (exact) mass is 329 g/mol. The number of ether oxygens (including phenoxy) is 1. The van der Waals surface area contributed by atoms with Gasteiger partial charge in [0, 0.05) is 24.4 Å². The maximum atomic E-state index is 5.44. The molecule has 2 heterocycles. The Morgan fingerprint density at radius 3 is 2.96 bits per heavy atom. The molecule has 0 bridgehead atoms. The van der Waals surface area contributed by atoms with Crippen molar-refractivity contribution >= 4 is 17.4 Å². The van der Waals surface area contributed by atoms with Gasteiger partial charge < -0.3 is 4.74 Å². The maximum absolute atomic E-state index is 5.44. The van der Waals surface area contributed by atoms with E-state index in [1.54, 1.807) is 23.6 Å². The van der Waals surface area contributed by atoms with Gasteiger partial charge in [0.05, 0.1) is 17.8 Å². The highest BCUT2D eigenvalue weighted by Gasteiger charge is 2.18. The first-order chi connectivity index (χ1) is 11.2. The van der Waals surface area contributed by atoms with Crippen LogP contribution in [0.3, 0.4) is 0 Å². The molecule has 1 N–H and O–H groups in total. The third kappa shape index (κ3) is 3.75. The lowest BCUT2D eigenvalue weighted by molar-refractivity contribution is 0.262. The topological polar surface area (TPSA) is 62.1 Å². The van der Waals surface area contributed by atoms with Gasteiger partial charge in [0.15, 0.2) is 6.17 Å². The normalized spacial score (nSPS) is 17.3. The Kier molecular flexibility index (Phi) is 4.68. The number of aryl methyl sites for hydroxylation is 1. The summed E-state index contributed by atoms with van der Waals surface area (Å²) in [6.45, 7) is 2.02. The van der Waals surface area contributed by atoms with Crippen LogP contribution in [0, 0.1) is 6.92 Å². The smallest absolute Gasteiger partial charge is 0.166 e. The van der Waals surface area contributed by atoms with Gasteiger partial charge in [0.25, 0.3) is 0 Å². The fourth-order valence-electron chi connectivity index (χ4n) is 2.36. The first-order valence-corrected chi connectivity index (χ1v) is 8.20. The van der Waals surface area contributed by atoms with Crippen molar-refractivity contribution in [1.29, 1.82) is 0 Å². The minimum atomic E-state index is -0.153. The highest BCUT2D eigenvalue weighted by Crippen LogP contribution is 2.27. The van der Waals surface area contributed by atoms with Gasteiger partial charge in [-0.3, -0.25) is 0 Å². The van der Waals surface area contributed by atoms with E-state index in [0.717, 1.165) is 34.0 Å². The molecule has 0 saturated carbocycles. The lowest BCUT2D eigenvalue weighted by Crippen LogP contribution is -2.26. The molecule has 23 heavy (non-hydrogen) atoms. The molecule has 0 fully saturated rings. The van der Waals surface area contributed by atoms with Crippen molar-refractivity contribution in [2.75, 3.05) is 14.2 Å². The molecule has 0 radical (unpaired) electrons. The summed E-state index contributed by atoms with van der Waals surface area (Å²) in [5.41, 5.74) is 6.30. The summed E-state index contributed by atoms with van der Waals surface area (Å²) in [6, 6.07) is 6.02. The third-order valence-corrected chi connectivity index (χ3v) is 4.29. The van der Waals surface area contributed by atoms with E-state index < -0.39 is 0 Å². The number of allylic oxidation sites excluding steroid dienone is 1. The Morgan fingerprint density at radius 1 is 1.43 bits per heavy atom. The standard InChI is InChI=1S/C16H19N5OS/c1-11-17-14(10-23-11)6-4-5-12-9-13(7-8-15(12)22-3)16-18-20-21(2)19-16/h4-5,7-10,16,19H,6H2,1-3H3/b5-4+. The largest absolute Gasteiger partial charge is 0.496 e. The fraction of sp³-hybridized carbons (Fsp3) is 0.312. The van der Waals surface area contributed by atoms with Crippen molar-refractivity contribution in [1.82, 2.24) is 15.5 Å². The van der Waals surface area contributed by atoms with Crippen LogP contribution in [-0.4, -0.2) is 24.3 Å². The van der Waals surface area contributed by atoms with Crippen LogP contribution in [0.2, 0.25) is 0 Å². The molecule has 1 atom stereocenters. The van der Waals surface area contributed by atoms with Gasteiger partial charge in [-0.05, 0) is 24.6 Å². The van der Waals surface area contributed by atoms with E-state index in [2.05, 4.69) is 44.3 Å². The number of hydrazine groups is 1. The Balaban J connectivity index is 1.77. The van der Waals surface area contributed by atoms with E-state index in [0.29, 0.717) is 0 Å². The van der Waals surface area contributed by atoms with Crippen molar-refractivity contribution in [2.24, 2.45) is 10.3 Å². The summed E-state index contributed by atoms with van der Waals surface area (Å²) in [6.07, 6.45) is 4.82. The summed E-state index contributed by atoms with van der Waals surface area (Å²) in [7, 11) is 3.50. The van der Waals surface area contributed by atoms with Gasteiger partial charge in [-0.2, -0.15) is 5.43 Å². The molecule has 1 aliphatic heterocycles. The second-order valence-electron chi connectivity index (χ2n) is 5.23. The van der Waals surface area contributed by atoms with Gasteiger partial charge >= 0.3 is 0 Å². The summed E-state index contributed by atoms with van der Waals surface area (Å²) in [5, 5.41) is 12.9. The molecule has 2 aromatic rings. The number of thiazole rings is 1.